The third kappa shape index (κ3) is 3.65. The van der Waals surface area contributed by atoms with Crippen molar-refractivity contribution in [2.24, 2.45) is 0 Å². The summed E-state index contributed by atoms with van der Waals surface area (Å²) < 4.78 is 26.6. The predicted octanol–water partition coefficient (Wildman–Crippen LogP) is 2.31. The summed E-state index contributed by atoms with van der Waals surface area (Å²) in [6, 6.07) is 4.55. The molecule has 2 rings (SSSR count). The van der Waals surface area contributed by atoms with Gasteiger partial charge in [-0.1, -0.05) is 6.07 Å². The van der Waals surface area contributed by atoms with Crippen molar-refractivity contribution in [1.29, 1.82) is 0 Å². The van der Waals surface area contributed by atoms with Gasteiger partial charge in [-0.3, -0.25) is 9.78 Å². The van der Waals surface area contributed by atoms with Gasteiger partial charge in [-0.2, -0.15) is 0 Å². The van der Waals surface area contributed by atoms with Crippen LogP contribution in [0.2, 0.25) is 0 Å². The van der Waals surface area contributed by atoms with Crippen molar-refractivity contribution in [3.8, 4) is 0 Å². The fourth-order valence-electron chi connectivity index (χ4n) is 2.06. The lowest BCUT2D eigenvalue weighted by molar-refractivity contribution is 0.0494. The molecule has 2 N–H and O–H groups in total. The van der Waals surface area contributed by atoms with Gasteiger partial charge in [-0.05, 0) is 31.5 Å². The van der Waals surface area contributed by atoms with Crippen LogP contribution in [0.25, 0.3) is 0 Å². The zero-order chi connectivity index (χ0) is 16.3. The molecule has 4 nitrogen and oxygen atoms in total. The van der Waals surface area contributed by atoms with E-state index >= 15 is 0 Å². The third-order valence-corrected chi connectivity index (χ3v) is 3.24. The minimum Gasteiger partial charge on any atom is -0.383 e. The van der Waals surface area contributed by atoms with Gasteiger partial charge in [0.25, 0.3) is 5.91 Å². The molecule has 0 saturated carbocycles. The maximum absolute atomic E-state index is 13.7. The summed E-state index contributed by atoms with van der Waals surface area (Å²) in [4.78, 5) is 15.9. The standard InChI is InChI=1S/C16H16F2N2O2/c1-10-5-11(8-19-7-10)15(21)20-9-16(2,22)13-4-3-12(17)6-14(13)18/h3-8,22H,9H2,1-2H3,(H,20,21). The zero-order valence-electron chi connectivity index (χ0n) is 12.2. The van der Waals surface area contributed by atoms with Crippen LogP contribution in [0.4, 0.5) is 8.78 Å². The Balaban J connectivity index is 2.10. The molecule has 116 valence electrons. The molecule has 1 aromatic carbocycles. The Bertz CT molecular complexity index is 702. The molecule has 0 aliphatic heterocycles. The van der Waals surface area contributed by atoms with E-state index in [0.717, 1.165) is 17.7 Å². The molecule has 1 unspecified atom stereocenters. The number of rotatable bonds is 4. The van der Waals surface area contributed by atoms with Crippen LogP contribution >= 0.6 is 0 Å². The minimum absolute atomic E-state index is 0.0865. The maximum atomic E-state index is 13.7. The average molecular weight is 306 g/mol. The average Bonchev–Trinajstić information content (AvgIpc) is 2.44. The van der Waals surface area contributed by atoms with Crippen LogP contribution in [0.15, 0.2) is 36.7 Å². The highest BCUT2D eigenvalue weighted by molar-refractivity contribution is 5.94. The molecule has 2 aromatic rings. The lowest BCUT2D eigenvalue weighted by Crippen LogP contribution is -2.39. The molecule has 1 amide bonds. The Morgan fingerprint density at radius 2 is 2.05 bits per heavy atom. The molecule has 0 saturated heterocycles. The smallest absolute Gasteiger partial charge is 0.252 e. The third-order valence-electron chi connectivity index (χ3n) is 3.24. The summed E-state index contributed by atoms with van der Waals surface area (Å²) in [6.07, 6.45) is 3.01. The molecular weight excluding hydrogens is 290 g/mol. The number of hydrogen-bond donors (Lipinski definition) is 2. The summed E-state index contributed by atoms with van der Waals surface area (Å²) in [5, 5.41) is 12.8. The first-order chi connectivity index (χ1) is 10.3. The van der Waals surface area contributed by atoms with Crippen molar-refractivity contribution in [1.82, 2.24) is 10.3 Å². The van der Waals surface area contributed by atoms with Gasteiger partial charge in [0.05, 0.1) is 12.1 Å². The molecule has 6 heteroatoms. The van der Waals surface area contributed by atoms with Gasteiger partial charge < -0.3 is 10.4 Å². The maximum Gasteiger partial charge on any atom is 0.252 e. The topological polar surface area (TPSA) is 62.2 Å². The van der Waals surface area contributed by atoms with Gasteiger partial charge in [0.15, 0.2) is 0 Å². The summed E-state index contributed by atoms with van der Waals surface area (Å²) >= 11 is 0. The van der Waals surface area contributed by atoms with Crippen molar-refractivity contribution in [3.05, 3.63) is 65.0 Å². The van der Waals surface area contributed by atoms with Crippen LogP contribution in [0.5, 0.6) is 0 Å². The predicted molar refractivity (Wildman–Crippen MR) is 77.2 cm³/mol. The van der Waals surface area contributed by atoms with Gasteiger partial charge in [0.2, 0.25) is 0 Å². The Morgan fingerprint density at radius 3 is 2.68 bits per heavy atom. The molecule has 0 bridgehead atoms. The number of pyridine rings is 1. The van der Waals surface area contributed by atoms with Crippen molar-refractivity contribution in [3.63, 3.8) is 0 Å². The minimum atomic E-state index is -1.66. The first-order valence-corrected chi connectivity index (χ1v) is 6.67. The normalized spacial score (nSPS) is 13.5. The molecule has 22 heavy (non-hydrogen) atoms. The lowest BCUT2D eigenvalue weighted by atomic mass is 9.95. The van der Waals surface area contributed by atoms with Crippen LogP contribution in [0.1, 0.15) is 28.4 Å². The molecule has 1 atom stereocenters. The van der Waals surface area contributed by atoms with Gasteiger partial charge in [0.1, 0.15) is 17.2 Å². The second-order valence-electron chi connectivity index (χ2n) is 5.33. The number of aromatic nitrogens is 1. The number of hydrogen-bond acceptors (Lipinski definition) is 3. The van der Waals surface area contributed by atoms with Crippen LogP contribution in [-0.4, -0.2) is 22.5 Å². The second-order valence-corrected chi connectivity index (χ2v) is 5.33. The number of aryl methyl sites for hydroxylation is 1. The first-order valence-electron chi connectivity index (χ1n) is 6.67. The van der Waals surface area contributed by atoms with Crippen molar-refractivity contribution >= 4 is 5.91 Å². The van der Waals surface area contributed by atoms with Crippen molar-refractivity contribution < 1.29 is 18.7 Å². The Morgan fingerprint density at radius 1 is 1.32 bits per heavy atom. The summed E-state index contributed by atoms with van der Waals surface area (Å²) in [5.41, 5.74) is -0.582. The number of benzene rings is 1. The van der Waals surface area contributed by atoms with Gasteiger partial charge in [0, 0.05) is 24.0 Å². The largest absolute Gasteiger partial charge is 0.383 e. The van der Waals surface area contributed by atoms with E-state index in [1.165, 1.54) is 13.1 Å². The zero-order valence-corrected chi connectivity index (χ0v) is 12.2. The number of amides is 1. The molecule has 1 heterocycles. The van der Waals surface area contributed by atoms with Crippen LogP contribution in [0.3, 0.4) is 0 Å². The monoisotopic (exact) mass is 306 g/mol. The van der Waals surface area contributed by atoms with E-state index in [-0.39, 0.29) is 12.1 Å². The highest BCUT2D eigenvalue weighted by Gasteiger charge is 2.27. The molecule has 0 spiro atoms. The molecule has 0 radical (unpaired) electrons. The van der Waals surface area contributed by atoms with Crippen molar-refractivity contribution in [2.75, 3.05) is 6.54 Å². The van der Waals surface area contributed by atoms with E-state index in [0.29, 0.717) is 11.6 Å². The lowest BCUT2D eigenvalue weighted by Gasteiger charge is -2.24. The van der Waals surface area contributed by atoms with E-state index in [1.54, 1.807) is 19.2 Å². The fourth-order valence-corrected chi connectivity index (χ4v) is 2.06. The molecule has 0 aliphatic carbocycles. The Hall–Kier alpha value is -2.34. The second kappa shape index (κ2) is 6.19. The summed E-state index contributed by atoms with van der Waals surface area (Å²) in [5.74, 6) is -2.03. The van der Waals surface area contributed by atoms with E-state index in [4.69, 9.17) is 0 Å². The quantitative estimate of drug-likeness (QED) is 0.911. The first kappa shape index (κ1) is 16.0. The number of aliphatic hydroxyl groups is 1. The van der Waals surface area contributed by atoms with E-state index in [9.17, 15) is 18.7 Å². The Labute approximate surface area is 126 Å². The number of nitrogens with zero attached hydrogens (tertiary/aromatic N) is 1. The molecular formula is C16H16F2N2O2. The van der Waals surface area contributed by atoms with Gasteiger partial charge in [-0.15, -0.1) is 0 Å². The highest BCUT2D eigenvalue weighted by Crippen LogP contribution is 2.23. The van der Waals surface area contributed by atoms with E-state index in [1.807, 2.05) is 0 Å². The molecule has 0 aliphatic rings. The SMILES string of the molecule is Cc1cncc(C(=O)NCC(C)(O)c2ccc(F)cc2F)c1. The summed E-state index contributed by atoms with van der Waals surface area (Å²) in [7, 11) is 0. The van der Waals surface area contributed by atoms with Gasteiger partial charge in [-0.25, -0.2) is 8.78 Å². The summed E-state index contributed by atoms with van der Waals surface area (Å²) in [6.45, 7) is 2.92. The number of nitrogens with one attached hydrogen (secondary N) is 1. The van der Waals surface area contributed by atoms with Crippen LogP contribution < -0.4 is 5.32 Å². The van der Waals surface area contributed by atoms with Crippen LogP contribution in [0, 0.1) is 18.6 Å². The Kier molecular flexibility index (Phi) is 4.51. The highest BCUT2D eigenvalue weighted by atomic mass is 19.1. The molecule has 0 fully saturated rings. The van der Waals surface area contributed by atoms with E-state index in [2.05, 4.69) is 10.3 Å². The number of carbonyl (C=O) groups excluding carboxylic acids is 1. The van der Waals surface area contributed by atoms with E-state index < -0.39 is 23.1 Å². The van der Waals surface area contributed by atoms with Crippen molar-refractivity contribution in [2.45, 2.75) is 19.4 Å². The van der Waals surface area contributed by atoms with Crippen LogP contribution in [-0.2, 0) is 5.60 Å². The fraction of sp³-hybridized carbons (Fsp3) is 0.250. The number of halogens is 2. The number of carbonyl (C=O) groups is 1. The van der Waals surface area contributed by atoms with Gasteiger partial charge >= 0.3 is 0 Å². The molecule has 1 aromatic heterocycles.